The Morgan fingerprint density at radius 3 is 2.56 bits per heavy atom. The Balaban J connectivity index is 1.60. The Morgan fingerprint density at radius 1 is 1.31 bits per heavy atom. The van der Waals surface area contributed by atoms with Crippen molar-refractivity contribution in [1.29, 1.82) is 0 Å². The van der Waals surface area contributed by atoms with Gasteiger partial charge >= 0.3 is 0 Å². The first-order valence-electron chi connectivity index (χ1n) is 6.59. The summed E-state index contributed by atoms with van der Waals surface area (Å²) in [6.07, 6.45) is 1.20. The van der Waals surface area contributed by atoms with E-state index in [2.05, 4.69) is 18.7 Å². The van der Waals surface area contributed by atoms with Crippen LogP contribution in [-0.4, -0.2) is 37.1 Å². The number of amides is 1. The highest BCUT2D eigenvalue weighted by Gasteiger charge is 2.59. The van der Waals surface area contributed by atoms with Crippen LogP contribution in [0.4, 0.5) is 0 Å². The zero-order chi connectivity index (χ0) is 11.3. The van der Waals surface area contributed by atoms with E-state index in [1.807, 2.05) is 0 Å². The minimum absolute atomic E-state index is 0.316. The lowest BCUT2D eigenvalue weighted by molar-refractivity contribution is -0.133. The van der Waals surface area contributed by atoms with Gasteiger partial charge in [-0.3, -0.25) is 4.79 Å². The van der Waals surface area contributed by atoms with Gasteiger partial charge in [0, 0.05) is 19.0 Å². The molecule has 0 bridgehead atoms. The summed E-state index contributed by atoms with van der Waals surface area (Å²) in [7, 11) is 0. The lowest BCUT2D eigenvalue weighted by Crippen LogP contribution is -2.32. The van der Waals surface area contributed by atoms with E-state index >= 15 is 0 Å². The number of carbonyl (C=O) groups is 1. The summed E-state index contributed by atoms with van der Waals surface area (Å²) in [5.41, 5.74) is 0. The summed E-state index contributed by atoms with van der Waals surface area (Å²) in [5, 5.41) is 0. The normalized spacial score (nSPS) is 45.9. The molecule has 3 aliphatic rings. The van der Waals surface area contributed by atoms with E-state index in [4.69, 9.17) is 4.74 Å². The quantitative estimate of drug-likeness (QED) is 0.708. The van der Waals surface area contributed by atoms with Crippen molar-refractivity contribution in [1.82, 2.24) is 4.90 Å². The Kier molecular flexibility index (Phi) is 2.46. The van der Waals surface area contributed by atoms with E-state index in [-0.39, 0.29) is 0 Å². The Morgan fingerprint density at radius 2 is 2.00 bits per heavy atom. The molecule has 2 aliphatic heterocycles. The second-order valence-electron chi connectivity index (χ2n) is 5.78. The summed E-state index contributed by atoms with van der Waals surface area (Å²) >= 11 is 0. The van der Waals surface area contributed by atoms with Crippen LogP contribution >= 0.6 is 0 Å². The lowest BCUT2D eigenvalue weighted by Gasteiger charge is -2.17. The van der Waals surface area contributed by atoms with Crippen LogP contribution in [-0.2, 0) is 9.53 Å². The van der Waals surface area contributed by atoms with Gasteiger partial charge in [-0.25, -0.2) is 0 Å². The molecule has 1 amide bonds. The van der Waals surface area contributed by atoms with Crippen molar-refractivity contribution in [3.63, 3.8) is 0 Å². The third kappa shape index (κ3) is 1.48. The van der Waals surface area contributed by atoms with Gasteiger partial charge in [-0.05, 0) is 23.7 Å². The molecule has 0 aromatic heterocycles. The summed E-state index contributed by atoms with van der Waals surface area (Å²) in [6, 6.07) is 0. The number of hydrogen-bond acceptors (Lipinski definition) is 2. The molecule has 3 nitrogen and oxygen atoms in total. The second-order valence-corrected chi connectivity index (χ2v) is 5.78. The molecule has 3 fully saturated rings. The van der Waals surface area contributed by atoms with E-state index < -0.39 is 0 Å². The minimum atomic E-state index is 0.316. The molecule has 0 N–H and O–H groups in total. The van der Waals surface area contributed by atoms with Crippen molar-refractivity contribution in [2.75, 3.05) is 26.3 Å². The van der Waals surface area contributed by atoms with E-state index in [9.17, 15) is 4.79 Å². The molecular weight excluding hydrogens is 202 g/mol. The van der Waals surface area contributed by atoms with Crippen molar-refractivity contribution in [2.24, 2.45) is 29.6 Å². The molecule has 3 rings (SSSR count). The van der Waals surface area contributed by atoms with Crippen LogP contribution < -0.4 is 0 Å². The second kappa shape index (κ2) is 3.73. The SMILES string of the molecule is CC[C@H]1CN(C(=O)C2C3COCC32)C[C@H]1C. The van der Waals surface area contributed by atoms with Crippen LogP contribution in [0.5, 0.6) is 0 Å². The predicted octanol–water partition coefficient (Wildman–Crippen LogP) is 1.38. The highest BCUT2D eigenvalue weighted by atomic mass is 16.5. The average Bonchev–Trinajstić information content (AvgIpc) is 2.67. The molecule has 0 aromatic carbocycles. The monoisotopic (exact) mass is 223 g/mol. The molecule has 0 aromatic rings. The first-order valence-corrected chi connectivity index (χ1v) is 6.59. The smallest absolute Gasteiger partial charge is 0.226 e. The zero-order valence-corrected chi connectivity index (χ0v) is 10.2. The summed E-state index contributed by atoms with van der Waals surface area (Å²) in [5.74, 6) is 3.26. The van der Waals surface area contributed by atoms with Gasteiger partial charge in [0.25, 0.3) is 0 Å². The van der Waals surface area contributed by atoms with Gasteiger partial charge in [-0.15, -0.1) is 0 Å². The molecule has 2 heterocycles. The van der Waals surface area contributed by atoms with E-state index in [0.717, 1.165) is 32.2 Å². The summed E-state index contributed by atoms with van der Waals surface area (Å²) in [4.78, 5) is 14.4. The molecule has 4 atom stereocenters. The Bertz CT molecular complexity index is 294. The highest BCUT2D eigenvalue weighted by Crippen LogP contribution is 2.52. The van der Waals surface area contributed by atoms with Crippen LogP contribution in [0.3, 0.4) is 0 Å². The number of ether oxygens (including phenoxy) is 1. The Hall–Kier alpha value is -0.570. The molecule has 16 heavy (non-hydrogen) atoms. The van der Waals surface area contributed by atoms with Gasteiger partial charge in [-0.2, -0.15) is 0 Å². The first kappa shape index (κ1) is 10.6. The maximum Gasteiger partial charge on any atom is 0.226 e. The van der Waals surface area contributed by atoms with E-state index in [1.54, 1.807) is 0 Å². The first-order chi connectivity index (χ1) is 7.72. The van der Waals surface area contributed by atoms with Crippen molar-refractivity contribution < 1.29 is 9.53 Å². The van der Waals surface area contributed by atoms with Crippen LogP contribution in [0.25, 0.3) is 0 Å². The van der Waals surface area contributed by atoms with Crippen molar-refractivity contribution in [2.45, 2.75) is 20.3 Å². The van der Waals surface area contributed by atoms with Gasteiger partial charge < -0.3 is 9.64 Å². The summed E-state index contributed by atoms with van der Waals surface area (Å²) in [6.45, 7) is 8.12. The third-order valence-electron chi connectivity index (χ3n) is 4.84. The van der Waals surface area contributed by atoms with Gasteiger partial charge in [0.05, 0.1) is 13.2 Å². The number of hydrogen-bond donors (Lipinski definition) is 0. The molecule has 0 radical (unpaired) electrons. The standard InChI is InChI=1S/C13H21NO2/c1-3-9-5-14(4-8(9)2)13(15)12-10-6-16-7-11(10)12/h8-12H,3-7H2,1-2H3/t8-,9+,10?,11?,12?/m1/s1. The number of likely N-dealkylation sites (tertiary alicyclic amines) is 1. The van der Waals surface area contributed by atoms with Gasteiger partial charge in [0.1, 0.15) is 0 Å². The van der Waals surface area contributed by atoms with Crippen LogP contribution in [0.2, 0.25) is 0 Å². The fourth-order valence-corrected chi connectivity index (χ4v) is 3.56. The zero-order valence-electron chi connectivity index (χ0n) is 10.2. The molecular formula is C13H21NO2. The third-order valence-corrected chi connectivity index (χ3v) is 4.84. The maximum atomic E-state index is 12.3. The topological polar surface area (TPSA) is 29.5 Å². The van der Waals surface area contributed by atoms with Crippen molar-refractivity contribution >= 4 is 5.91 Å². The van der Waals surface area contributed by atoms with Crippen LogP contribution in [0, 0.1) is 29.6 Å². The lowest BCUT2D eigenvalue weighted by atomic mass is 9.96. The predicted molar refractivity (Wildman–Crippen MR) is 60.8 cm³/mol. The molecule has 2 saturated heterocycles. The number of carbonyl (C=O) groups excluding carboxylic acids is 1. The van der Waals surface area contributed by atoms with Crippen molar-refractivity contribution in [3.05, 3.63) is 0 Å². The van der Waals surface area contributed by atoms with Gasteiger partial charge in [0.15, 0.2) is 0 Å². The molecule has 2 unspecified atom stereocenters. The largest absolute Gasteiger partial charge is 0.381 e. The Labute approximate surface area is 97.1 Å². The molecule has 90 valence electrons. The van der Waals surface area contributed by atoms with Crippen LogP contribution in [0.15, 0.2) is 0 Å². The van der Waals surface area contributed by atoms with Crippen molar-refractivity contribution in [3.8, 4) is 0 Å². The number of nitrogens with zero attached hydrogens (tertiary/aromatic N) is 1. The molecule has 3 heteroatoms. The number of rotatable bonds is 2. The maximum absolute atomic E-state index is 12.3. The van der Waals surface area contributed by atoms with E-state index in [1.165, 1.54) is 6.42 Å². The fourth-order valence-electron chi connectivity index (χ4n) is 3.56. The molecule has 0 spiro atoms. The highest BCUT2D eigenvalue weighted by molar-refractivity contribution is 5.83. The molecule has 1 saturated carbocycles. The fraction of sp³-hybridized carbons (Fsp3) is 0.923. The van der Waals surface area contributed by atoms with Gasteiger partial charge in [0.2, 0.25) is 5.91 Å². The van der Waals surface area contributed by atoms with E-state index in [0.29, 0.717) is 29.6 Å². The van der Waals surface area contributed by atoms with Gasteiger partial charge in [-0.1, -0.05) is 20.3 Å². The number of fused-ring (bicyclic) bond motifs is 1. The van der Waals surface area contributed by atoms with Crippen LogP contribution in [0.1, 0.15) is 20.3 Å². The molecule has 1 aliphatic carbocycles. The summed E-state index contributed by atoms with van der Waals surface area (Å²) < 4.78 is 5.34. The average molecular weight is 223 g/mol. The minimum Gasteiger partial charge on any atom is -0.381 e.